The first kappa shape index (κ1) is 18.9. The van der Waals surface area contributed by atoms with Gasteiger partial charge in [0.15, 0.2) is 0 Å². The third kappa shape index (κ3) is 4.18. The van der Waals surface area contributed by atoms with E-state index in [1.54, 1.807) is 42.5 Å². The van der Waals surface area contributed by atoms with Crippen molar-refractivity contribution >= 4 is 28.4 Å². The minimum Gasteiger partial charge on any atom is -0.339 e. The summed E-state index contributed by atoms with van der Waals surface area (Å²) in [6.07, 6.45) is 4.58. The van der Waals surface area contributed by atoms with E-state index >= 15 is 0 Å². The highest BCUT2D eigenvalue weighted by Crippen LogP contribution is 2.16. The number of aromatic nitrogens is 2. The monoisotopic (exact) mass is 390 g/mol. The molecule has 29 heavy (non-hydrogen) atoms. The van der Waals surface area contributed by atoms with Gasteiger partial charge in [0, 0.05) is 24.3 Å². The van der Waals surface area contributed by atoms with Crippen LogP contribution in [0.2, 0.25) is 0 Å². The van der Waals surface area contributed by atoms with Crippen molar-refractivity contribution in [2.75, 3.05) is 18.4 Å². The first-order valence-electron chi connectivity index (χ1n) is 9.75. The van der Waals surface area contributed by atoms with Crippen LogP contribution in [-0.2, 0) is 11.3 Å². The number of carbonyl (C=O) groups is 2. The number of carbonyl (C=O) groups excluding carboxylic acids is 2. The van der Waals surface area contributed by atoms with Crippen molar-refractivity contribution in [2.45, 2.75) is 25.8 Å². The Morgan fingerprint density at radius 1 is 1.00 bits per heavy atom. The van der Waals surface area contributed by atoms with Crippen LogP contribution in [0.5, 0.6) is 0 Å². The lowest BCUT2D eigenvalue weighted by Gasteiger charge is -2.26. The molecule has 0 radical (unpaired) electrons. The molecule has 0 spiro atoms. The fraction of sp³-hybridized carbons (Fsp3) is 0.273. The Balaban J connectivity index is 1.47. The Labute approximate surface area is 168 Å². The number of fused-ring (bicyclic) bond motifs is 1. The van der Waals surface area contributed by atoms with Crippen LogP contribution in [-0.4, -0.2) is 39.4 Å². The summed E-state index contributed by atoms with van der Waals surface area (Å²) >= 11 is 0. The van der Waals surface area contributed by atoms with Crippen molar-refractivity contribution in [2.24, 2.45) is 0 Å². The molecule has 0 bridgehead atoms. The van der Waals surface area contributed by atoms with E-state index < -0.39 is 0 Å². The molecule has 4 rings (SSSR count). The van der Waals surface area contributed by atoms with E-state index in [4.69, 9.17) is 0 Å². The Morgan fingerprint density at radius 3 is 2.62 bits per heavy atom. The maximum atomic E-state index is 12.7. The topological polar surface area (TPSA) is 84.3 Å². The molecule has 148 valence electrons. The molecule has 1 saturated heterocycles. The average Bonchev–Trinajstić information content (AvgIpc) is 2.76. The number of nitrogens with zero attached hydrogens (tertiary/aromatic N) is 3. The molecule has 1 fully saturated rings. The predicted molar refractivity (Wildman–Crippen MR) is 111 cm³/mol. The van der Waals surface area contributed by atoms with Gasteiger partial charge in [-0.25, -0.2) is 4.98 Å². The average molecular weight is 390 g/mol. The van der Waals surface area contributed by atoms with E-state index in [0.29, 0.717) is 22.2 Å². The predicted octanol–water partition coefficient (Wildman–Crippen LogP) is 2.66. The van der Waals surface area contributed by atoms with Crippen LogP contribution in [0.15, 0.2) is 59.7 Å². The molecule has 1 aliphatic rings. The Kier molecular flexibility index (Phi) is 5.37. The maximum Gasteiger partial charge on any atom is 0.261 e. The zero-order valence-electron chi connectivity index (χ0n) is 16.0. The number of piperidine rings is 1. The number of rotatable bonds is 4. The summed E-state index contributed by atoms with van der Waals surface area (Å²) in [5.41, 5.74) is 1.41. The zero-order chi connectivity index (χ0) is 20.2. The van der Waals surface area contributed by atoms with Crippen molar-refractivity contribution in [1.29, 1.82) is 0 Å². The number of hydrogen-bond acceptors (Lipinski definition) is 4. The summed E-state index contributed by atoms with van der Waals surface area (Å²) in [6, 6.07) is 13.9. The van der Waals surface area contributed by atoms with Gasteiger partial charge in [0.2, 0.25) is 5.91 Å². The highest BCUT2D eigenvalue weighted by Gasteiger charge is 2.18. The van der Waals surface area contributed by atoms with Crippen molar-refractivity contribution < 1.29 is 9.59 Å². The summed E-state index contributed by atoms with van der Waals surface area (Å²) in [5, 5.41) is 3.24. The van der Waals surface area contributed by atoms with E-state index in [2.05, 4.69) is 10.3 Å². The van der Waals surface area contributed by atoms with Gasteiger partial charge < -0.3 is 10.2 Å². The first-order valence-corrected chi connectivity index (χ1v) is 9.75. The van der Waals surface area contributed by atoms with Crippen LogP contribution in [0, 0.1) is 0 Å². The second-order valence-corrected chi connectivity index (χ2v) is 7.18. The van der Waals surface area contributed by atoms with Crippen molar-refractivity contribution in [3.8, 4) is 0 Å². The number of likely N-dealkylation sites (tertiary alicyclic amines) is 1. The highest BCUT2D eigenvalue weighted by molar-refractivity contribution is 5.97. The van der Waals surface area contributed by atoms with E-state index in [1.807, 2.05) is 11.0 Å². The second-order valence-electron chi connectivity index (χ2n) is 7.18. The maximum absolute atomic E-state index is 12.7. The van der Waals surface area contributed by atoms with Gasteiger partial charge in [0.25, 0.3) is 11.5 Å². The Hall–Kier alpha value is -3.48. The lowest BCUT2D eigenvalue weighted by molar-refractivity contribution is -0.116. The van der Waals surface area contributed by atoms with Gasteiger partial charge in [0.1, 0.15) is 6.54 Å². The van der Waals surface area contributed by atoms with E-state index in [-0.39, 0.29) is 23.9 Å². The van der Waals surface area contributed by atoms with Crippen LogP contribution < -0.4 is 10.9 Å². The van der Waals surface area contributed by atoms with Crippen molar-refractivity contribution in [3.05, 3.63) is 70.8 Å². The highest BCUT2D eigenvalue weighted by atomic mass is 16.2. The van der Waals surface area contributed by atoms with Gasteiger partial charge in [0.05, 0.1) is 17.2 Å². The Bertz CT molecular complexity index is 1120. The van der Waals surface area contributed by atoms with Crippen LogP contribution in [0.4, 0.5) is 5.69 Å². The SMILES string of the molecule is O=C(Cn1cnc2ccccc2c1=O)Nc1cccc(C(=O)N2CCCCC2)c1. The molecular weight excluding hydrogens is 368 g/mol. The van der Waals surface area contributed by atoms with Crippen LogP contribution >= 0.6 is 0 Å². The smallest absolute Gasteiger partial charge is 0.261 e. The van der Waals surface area contributed by atoms with Crippen molar-refractivity contribution in [1.82, 2.24) is 14.5 Å². The fourth-order valence-electron chi connectivity index (χ4n) is 3.58. The minimum absolute atomic E-state index is 0.0178. The number of para-hydroxylation sites is 1. The molecule has 2 heterocycles. The molecule has 0 aliphatic carbocycles. The Morgan fingerprint density at radius 2 is 1.79 bits per heavy atom. The number of nitrogens with one attached hydrogen (secondary N) is 1. The molecular formula is C22H22N4O3. The summed E-state index contributed by atoms with van der Waals surface area (Å²) in [5.74, 6) is -0.373. The van der Waals surface area contributed by atoms with Crippen LogP contribution in [0.1, 0.15) is 29.6 Å². The molecule has 1 aliphatic heterocycles. The molecule has 7 heteroatoms. The normalized spacial score (nSPS) is 14.0. The van der Waals surface area contributed by atoms with Gasteiger partial charge in [-0.1, -0.05) is 18.2 Å². The van der Waals surface area contributed by atoms with Gasteiger partial charge in [-0.15, -0.1) is 0 Å². The summed E-state index contributed by atoms with van der Waals surface area (Å²) in [6.45, 7) is 1.39. The zero-order valence-corrected chi connectivity index (χ0v) is 16.0. The van der Waals surface area contributed by atoms with Crippen molar-refractivity contribution in [3.63, 3.8) is 0 Å². The number of anilines is 1. The number of amides is 2. The van der Waals surface area contributed by atoms with Gasteiger partial charge >= 0.3 is 0 Å². The first-order chi connectivity index (χ1) is 14.1. The number of hydrogen-bond donors (Lipinski definition) is 1. The third-order valence-corrected chi connectivity index (χ3v) is 5.08. The minimum atomic E-state index is -0.355. The van der Waals surface area contributed by atoms with Gasteiger partial charge in [-0.05, 0) is 49.6 Å². The second kappa shape index (κ2) is 8.26. The third-order valence-electron chi connectivity index (χ3n) is 5.08. The molecule has 3 aromatic rings. The van der Waals surface area contributed by atoms with E-state index in [0.717, 1.165) is 32.4 Å². The van der Waals surface area contributed by atoms with Gasteiger partial charge in [-0.3, -0.25) is 19.0 Å². The number of benzene rings is 2. The molecule has 0 atom stereocenters. The summed E-state index contributed by atoms with van der Waals surface area (Å²) in [4.78, 5) is 43.7. The van der Waals surface area contributed by atoms with Crippen LogP contribution in [0.3, 0.4) is 0 Å². The van der Waals surface area contributed by atoms with Crippen LogP contribution in [0.25, 0.3) is 10.9 Å². The van der Waals surface area contributed by atoms with E-state index in [1.165, 1.54) is 10.9 Å². The molecule has 2 aromatic carbocycles. The lowest BCUT2D eigenvalue weighted by Crippen LogP contribution is -2.35. The quantitative estimate of drug-likeness (QED) is 0.742. The summed E-state index contributed by atoms with van der Waals surface area (Å²) < 4.78 is 1.28. The molecule has 7 nitrogen and oxygen atoms in total. The largest absolute Gasteiger partial charge is 0.339 e. The van der Waals surface area contributed by atoms with Gasteiger partial charge in [-0.2, -0.15) is 0 Å². The summed E-state index contributed by atoms with van der Waals surface area (Å²) in [7, 11) is 0. The standard InChI is InChI=1S/C22H22N4O3/c27-20(14-26-15-23-19-10-3-2-9-18(19)22(26)29)24-17-8-6-7-16(13-17)21(28)25-11-4-1-5-12-25/h2-3,6-10,13,15H,1,4-5,11-12,14H2,(H,24,27). The van der Waals surface area contributed by atoms with E-state index in [9.17, 15) is 14.4 Å². The fourth-order valence-corrected chi connectivity index (χ4v) is 3.58. The molecule has 1 N–H and O–H groups in total. The molecule has 0 unspecified atom stereocenters. The molecule has 2 amide bonds. The molecule has 0 saturated carbocycles. The molecule has 1 aromatic heterocycles. The lowest BCUT2D eigenvalue weighted by atomic mass is 10.1.